The van der Waals surface area contributed by atoms with E-state index in [1.807, 2.05) is 86.0 Å². The normalized spacial score (nSPS) is 10.9. The third-order valence-corrected chi connectivity index (χ3v) is 6.63. The highest BCUT2D eigenvalue weighted by Gasteiger charge is 2.23. The molecular formula is C31H29NO4S. The van der Waals surface area contributed by atoms with Gasteiger partial charge in [0, 0.05) is 17.0 Å². The summed E-state index contributed by atoms with van der Waals surface area (Å²) >= 11 is 1.31. The summed E-state index contributed by atoms with van der Waals surface area (Å²) in [6.07, 6.45) is 3.17. The van der Waals surface area contributed by atoms with E-state index in [1.165, 1.54) is 17.4 Å². The first kappa shape index (κ1) is 25.9. The Hall–Kier alpha value is -4.16. The van der Waals surface area contributed by atoms with Crippen molar-refractivity contribution in [3.63, 3.8) is 0 Å². The lowest BCUT2D eigenvalue weighted by Crippen LogP contribution is -2.12. The van der Waals surface area contributed by atoms with Crippen LogP contribution < -0.4 is 10.1 Å². The summed E-state index contributed by atoms with van der Waals surface area (Å²) in [6.45, 7) is 6.54. The summed E-state index contributed by atoms with van der Waals surface area (Å²) in [5.74, 6) is -0.0323. The van der Waals surface area contributed by atoms with E-state index in [1.54, 1.807) is 13.0 Å². The molecule has 3 aromatic carbocycles. The lowest BCUT2D eigenvalue weighted by atomic mass is 9.97. The van der Waals surface area contributed by atoms with Crippen molar-refractivity contribution in [2.45, 2.75) is 27.4 Å². The van der Waals surface area contributed by atoms with Crippen molar-refractivity contribution in [1.82, 2.24) is 0 Å². The quantitative estimate of drug-likeness (QED) is 0.187. The molecule has 0 unspecified atom stereocenters. The fraction of sp³-hybridized carbons (Fsp3) is 0.161. The van der Waals surface area contributed by atoms with Crippen LogP contribution in [-0.2, 0) is 16.1 Å². The van der Waals surface area contributed by atoms with E-state index in [0.29, 0.717) is 17.2 Å². The lowest BCUT2D eigenvalue weighted by molar-refractivity contribution is -0.111. The smallest absolute Gasteiger partial charge is 0.341 e. The minimum absolute atomic E-state index is 0.249. The molecule has 1 amide bonds. The standard InChI is InChI=1S/C31H29NO4S/c1-4-35-31(34)29-27(26-16-10-21(2)18-22(26)3)20-37-30(29)32-28(33)17-13-23-11-14-25(15-12-23)36-19-24-8-6-5-7-9-24/h5-18,20H,4,19H2,1-3H3,(H,32,33)/b17-13+. The molecule has 1 aromatic heterocycles. The van der Waals surface area contributed by atoms with Gasteiger partial charge in [-0.2, -0.15) is 0 Å². The van der Waals surface area contributed by atoms with Crippen molar-refractivity contribution < 1.29 is 19.1 Å². The van der Waals surface area contributed by atoms with Gasteiger partial charge in [0.15, 0.2) is 0 Å². The molecule has 1 heterocycles. The van der Waals surface area contributed by atoms with E-state index in [2.05, 4.69) is 11.4 Å². The maximum absolute atomic E-state index is 12.8. The number of hydrogen-bond acceptors (Lipinski definition) is 5. The Morgan fingerprint density at radius 2 is 1.70 bits per heavy atom. The number of benzene rings is 3. The predicted octanol–water partition coefficient (Wildman–Crippen LogP) is 7.44. The van der Waals surface area contributed by atoms with E-state index < -0.39 is 5.97 Å². The van der Waals surface area contributed by atoms with E-state index in [4.69, 9.17) is 9.47 Å². The Balaban J connectivity index is 1.45. The Kier molecular flexibility index (Phi) is 8.54. The summed E-state index contributed by atoms with van der Waals surface area (Å²) < 4.78 is 11.1. The Morgan fingerprint density at radius 3 is 2.41 bits per heavy atom. The molecule has 0 aliphatic heterocycles. The Labute approximate surface area is 221 Å². The second-order valence-corrected chi connectivity index (χ2v) is 9.44. The van der Waals surface area contributed by atoms with Crippen LogP contribution in [-0.4, -0.2) is 18.5 Å². The predicted molar refractivity (Wildman–Crippen MR) is 150 cm³/mol. The second kappa shape index (κ2) is 12.2. The largest absolute Gasteiger partial charge is 0.489 e. The molecule has 188 valence electrons. The molecule has 6 heteroatoms. The van der Waals surface area contributed by atoms with Crippen LogP contribution in [0.4, 0.5) is 5.00 Å². The molecule has 4 aromatic rings. The fourth-order valence-electron chi connectivity index (χ4n) is 3.91. The number of carbonyl (C=O) groups excluding carboxylic acids is 2. The van der Waals surface area contributed by atoms with Gasteiger partial charge in [0.1, 0.15) is 22.9 Å². The molecule has 37 heavy (non-hydrogen) atoms. The molecule has 0 atom stereocenters. The molecular weight excluding hydrogens is 482 g/mol. The van der Waals surface area contributed by atoms with Crippen molar-refractivity contribution in [1.29, 1.82) is 0 Å². The Bertz CT molecular complexity index is 1410. The molecule has 0 bridgehead atoms. The van der Waals surface area contributed by atoms with E-state index >= 15 is 0 Å². The average molecular weight is 512 g/mol. The monoisotopic (exact) mass is 511 g/mol. The number of anilines is 1. The lowest BCUT2D eigenvalue weighted by Gasteiger charge is -2.10. The number of thiophene rings is 1. The zero-order chi connectivity index (χ0) is 26.2. The summed E-state index contributed by atoms with van der Waals surface area (Å²) in [7, 11) is 0. The highest BCUT2D eigenvalue weighted by molar-refractivity contribution is 7.15. The minimum atomic E-state index is -0.455. The third-order valence-electron chi connectivity index (χ3n) is 5.73. The van der Waals surface area contributed by atoms with Crippen LogP contribution in [0, 0.1) is 13.8 Å². The fourth-order valence-corrected chi connectivity index (χ4v) is 4.86. The van der Waals surface area contributed by atoms with Gasteiger partial charge in [-0.25, -0.2) is 4.79 Å². The Morgan fingerprint density at radius 1 is 0.946 bits per heavy atom. The van der Waals surface area contributed by atoms with E-state index in [0.717, 1.165) is 39.1 Å². The molecule has 4 rings (SSSR count). The summed E-state index contributed by atoms with van der Waals surface area (Å²) in [5.41, 5.74) is 6.22. The van der Waals surface area contributed by atoms with Gasteiger partial charge in [-0.15, -0.1) is 11.3 Å². The van der Waals surface area contributed by atoms with Gasteiger partial charge >= 0.3 is 5.97 Å². The highest BCUT2D eigenvalue weighted by atomic mass is 32.1. The van der Waals surface area contributed by atoms with Crippen LogP contribution in [0.15, 0.2) is 84.3 Å². The van der Waals surface area contributed by atoms with Crippen LogP contribution >= 0.6 is 11.3 Å². The van der Waals surface area contributed by atoms with Crippen LogP contribution in [0.3, 0.4) is 0 Å². The van der Waals surface area contributed by atoms with Crippen LogP contribution in [0.2, 0.25) is 0 Å². The number of aryl methyl sites for hydroxylation is 2. The molecule has 1 N–H and O–H groups in total. The van der Waals surface area contributed by atoms with E-state index in [-0.39, 0.29) is 12.5 Å². The van der Waals surface area contributed by atoms with Gasteiger partial charge in [0.25, 0.3) is 0 Å². The van der Waals surface area contributed by atoms with Crippen LogP contribution in [0.5, 0.6) is 5.75 Å². The van der Waals surface area contributed by atoms with Gasteiger partial charge in [0.05, 0.1) is 6.61 Å². The number of amides is 1. The second-order valence-electron chi connectivity index (χ2n) is 8.56. The van der Waals surface area contributed by atoms with Crippen molar-refractivity contribution in [2.75, 3.05) is 11.9 Å². The maximum atomic E-state index is 12.8. The summed E-state index contributed by atoms with van der Waals surface area (Å²) in [4.78, 5) is 25.6. The molecule has 0 aliphatic rings. The van der Waals surface area contributed by atoms with Crippen molar-refractivity contribution >= 4 is 34.3 Å². The molecule has 0 saturated heterocycles. The van der Waals surface area contributed by atoms with Gasteiger partial charge in [-0.3, -0.25) is 4.79 Å². The number of rotatable bonds is 9. The molecule has 0 saturated carbocycles. The number of hydrogen-bond donors (Lipinski definition) is 1. The van der Waals surface area contributed by atoms with Crippen molar-refractivity contribution in [3.8, 4) is 16.9 Å². The summed E-state index contributed by atoms with van der Waals surface area (Å²) in [5, 5.41) is 5.21. The molecule has 0 spiro atoms. The van der Waals surface area contributed by atoms with Gasteiger partial charge in [-0.1, -0.05) is 66.2 Å². The first-order valence-corrected chi connectivity index (χ1v) is 12.9. The van der Waals surface area contributed by atoms with E-state index in [9.17, 15) is 9.59 Å². The third kappa shape index (κ3) is 6.74. The minimum Gasteiger partial charge on any atom is -0.489 e. The highest BCUT2D eigenvalue weighted by Crippen LogP contribution is 2.38. The van der Waals surface area contributed by atoms with Crippen LogP contribution in [0.25, 0.3) is 17.2 Å². The number of carbonyl (C=O) groups is 2. The topological polar surface area (TPSA) is 64.6 Å². The summed E-state index contributed by atoms with van der Waals surface area (Å²) in [6, 6.07) is 23.5. The first-order valence-electron chi connectivity index (χ1n) is 12.1. The van der Waals surface area contributed by atoms with Gasteiger partial charge in [0.2, 0.25) is 5.91 Å². The average Bonchev–Trinajstić information content (AvgIpc) is 3.30. The van der Waals surface area contributed by atoms with Gasteiger partial charge in [-0.05, 0) is 61.2 Å². The zero-order valence-electron chi connectivity index (χ0n) is 21.1. The number of esters is 1. The molecule has 5 nitrogen and oxygen atoms in total. The van der Waals surface area contributed by atoms with Crippen molar-refractivity contribution in [3.05, 3.63) is 112 Å². The van der Waals surface area contributed by atoms with Gasteiger partial charge < -0.3 is 14.8 Å². The molecule has 0 radical (unpaired) electrons. The number of ether oxygens (including phenoxy) is 2. The number of nitrogens with one attached hydrogen (secondary N) is 1. The SMILES string of the molecule is CCOC(=O)c1c(-c2ccc(C)cc2C)csc1NC(=O)/C=C/c1ccc(OCc2ccccc2)cc1. The molecule has 0 aliphatic carbocycles. The van der Waals surface area contributed by atoms with Crippen molar-refractivity contribution in [2.24, 2.45) is 0 Å². The first-order chi connectivity index (χ1) is 17.9. The van der Waals surface area contributed by atoms with Crippen LogP contribution in [0.1, 0.15) is 39.5 Å². The maximum Gasteiger partial charge on any atom is 0.341 e. The zero-order valence-corrected chi connectivity index (χ0v) is 21.9. The molecule has 0 fully saturated rings.